The summed E-state index contributed by atoms with van der Waals surface area (Å²) < 4.78 is 15.6. The van der Waals surface area contributed by atoms with Gasteiger partial charge >= 0.3 is 5.97 Å². The molecule has 0 aromatic heterocycles. The van der Waals surface area contributed by atoms with Gasteiger partial charge in [-0.2, -0.15) is 0 Å². The molecule has 0 saturated carbocycles. The number of hydrogen-bond acceptors (Lipinski definition) is 5. The van der Waals surface area contributed by atoms with Gasteiger partial charge in [-0.3, -0.25) is 9.79 Å². The number of aliphatic imine (C=N–C) groups is 1. The van der Waals surface area contributed by atoms with Gasteiger partial charge in [0.1, 0.15) is 0 Å². The summed E-state index contributed by atoms with van der Waals surface area (Å²) in [6.07, 6.45) is 6.70. The van der Waals surface area contributed by atoms with Crippen molar-refractivity contribution < 1.29 is 19.0 Å². The number of nitrogens with zero attached hydrogens (tertiary/aromatic N) is 1. The molecule has 1 unspecified atom stereocenters. The number of unbranched alkanes of at least 4 members (excludes halogenated alkanes) is 3. The number of esters is 1. The van der Waals surface area contributed by atoms with Gasteiger partial charge in [0, 0.05) is 45.7 Å². The first-order valence-corrected chi connectivity index (χ1v) is 9.43. The van der Waals surface area contributed by atoms with Crippen LogP contribution in [0.1, 0.15) is 44.9 Å². The van der Waals surface area contributed by atoms with Crippen molar-refractivity contribution in [2.24, 2.45) is 10.9 Å². The summed E-state index contributed by atoms with van der Waals surface area (Å²) in [5.41, 5.74) is 0. The Morgan fingerprint density at radius 3 is 2.60 bits per heavy atom. The van der Waals surface area contributed by atoms with E-state index in [2.05, 4.69) is 20.4 Å². The minimum Gasteiger partial charge on any atom is -0.469 e. The van der Waals surface area contributed by atoms with Crippen molar-refractivity contribution in [3.63, 3.8) is 0 Å². The van der Waals surface area contributed by atoms with Crippen LogP contribution in [0, 0.1) is 5.92 Å². The van der Waals surface area contributed by atoms with E-state index in [-0.39, 0.29) is 5.97 Å². The Bertz CT molecular complexity index is 371. The van der Waals surface area contributed by atoms with Gasteiger partial charge in [-0.05, 0) is 25.7 Å². The lowest BCUT2D eigenvalue weighted by molar-refractivity contribution is -0.140. The van der Waals surface area contributed by atoms with Crippen LogP contribution in [0.15, 0.2) is 4.99 Å². The largest absolute Gasteiger partial charge is 0.469 e. The molecular weight excluding hydrogens is 322 g/mol. The smallest absolute Gasteiger partial charge is 0.305 e. The van der Waals surface area contributed by atoms with Gasteiger partial charge in [-0.15, -0.1) is 0 Å². The molecule has 7 nitrogen and oxygen atoms in total. The molecule has 1 aliphatic heterocycles. The fourth-order valence-corrected chi connectivity index (χ4v) is 2.62. The predicted octanol–water partition coefficient (Wildman–Crippen LogP) is 1.72. The van der Waals surface area contributed by atoms with E-state index in [1.807, 2.05) is 0 Å². The molecule has 0 aromatic carbocycles. The zero-order valence-electron chi connectivity index (χ0n) is 15.8. The molecular formula is C18H35N3O4. The van der Waals surface area contributed by atoms with Gasteiger partial charge in [0.2, 0.25) is 0 Å². The third-order valence-corrected chi connectivity index (χ3v) is 4.19. The first kappa shape index (κ1) is 21.7. The molecule has 1 rings (SSSR count). The van der Waals surface area contributed by atoms with Crippen LogP contribution in [-0.4, -0.2) is 65.6 Å². The van der Waals surface area contributed by atoms with Crippen molar-refractivity contribution in [2.45, 2.75) is 44.9 Å². The van der Waals surface area contributed by atoms with Crippen molar-refractivity contribution in [3.8, 4) is 0 Å². The highest BCUT2D eigenvalue weighted by atomic mass is 16.5. The van der Waals surface area contributed by atoms with Crippen molar-refractivity contribution in [1.82, 2.24) is 10.6 Å². The highest BCUT2D eigenvalue weighted by Gasteiger charge is 2.15. The van der Waals surface area contributed by atoms with Crippen molar-refractivity contribution >= 4 is 11.9 Å². The van der Waals surface area contributed by atoms with Crippen molar-refractivity contribution in [3.05, 3.63) is 0 Å². The molecule has 146 valence electrons. The van der Waals surface area contributed by atoms with Crippen LogP contribution < -0.4 is 10.6 Å². The zero-order chi connectivity index (χ0) is 18.2. The standard InChI is InChI=1S/C18H35N3O4/c1-19-18(20-10-6-4-3-5-8-17(22)23-2)21-11-7-12-24-14-16-9-13-25-15-16/h16H,3-15H2,1-2H3,(H2,19,20,21). The predicted molar refractivity (Wildman–Crippen MR) is 98.8 cm³/mol. The zero-order valence-corrected chi connectivity index (χ0v) is 15.8. The summed E-state index contributed by atoms with van der Waals surface area (Å²) in [5.74, 6) is 1.29. The van der Waals surface area contributed by atoms with E-state index in [0.29, 0.717) is 12.3 Å². The fourth-order valence-electron chi connectivity index (χ4n) is 2.62. The highest BCUT2D eigenvalue weighted by Crippen LogP contribution is 2.12. The van der Waals surface area contributed by atoms with Crippen LogP contribution in [-0.2, 0) is 19.0 Å². The Labute approximate surface area is 151 Å². The van der Waals surface area contributed by atoms with E-state index in [9.17, 15) is 4.79 Å². The van der Waals surface area contributed by atoms with Gasteiger partial charge in [-0.25, -0.2) is 0 Å². The third-order valence-electron chi connectivity index (χ3n) is 4.19. The summed E-state index contributed by atoms with van der Waals surface area (Å²) in [4.78, 5) is 15.2. The average molecular weight is 357 g/mol. The fraction of sp³-hybridized carbons (Fsp3) is 0.889. The number of ether oxygens (including phenoxy) is 3. The number of hydrogen-bond donors (Lipinski definition) is 2. The number of carbonyl (C=O) groups is 1. The summed E-state index contributed by atoms with van der Waals surface area (Å²) in [6.45, 7) is 5.03. The molecule has 7 heteroatoms. The SMILES string of the molecule is CN=C(NCCCCCCC(=O)OC)NCCCOCC1CCOC1. The number of methoxy groups -OCH3 is 1. The maximum atomic E-state index is 11.0. The Morgan fingerprint density at radius 2 is 1.92 bits per heavy atom. The minimum atomic E-state index is -0.122. The van der Waals surface area contributed by atoms with Gasteiger partial charge in [0.05, 0.1) is 20.3 Å². The van der Waals surface area contributed by atoms with Crippen LogP contribution in [0.2, 0.25) is 0 Å². The van der Waals surface area contributed by atoms with Crippen LogP contribution in [0.5, 0.6) is 0 Å². The topological polar surface area (TPSA) is 81.2 Å². The molecule has 1 aliphatic rings. The molecule has 0 spiro atoms. The van der Waals surface area contributed by atoms with E-state index >= 15 is 0 Å². The van der Waals surface area contributed by atoms with Crippen LogP contribution in [0.25, 0.3) is 0 Å². The first-order chi connectivity index (χ1) is 12.3. The molecule has 1 heterocycles. The van der Waals surface area contributed by atoms with Gasteiger partial charge in [0.25, 0.3) is 0 Å². The van der Waals surface area contributed by atoms with E-state index in [4.69, 9.17) is 9.47 Å². The summed E-state index contributed by atoms with van der Waals surface area (Å²) in [7, 11) is 3.21. The maximum absolute atomic E-state index is 11.0. The van der Waals surface area contributed by atoms with E-state index in [1.54, 1.807) is 7.05 Å². The van der Waals surface area contributed by atoms with Gasteiger partial charge < -0.3 is 24.8 Å². The molecule has 1 saturated heterocycles. The molecule has 25 heavy (non-hydrogen) atoms. The van der Waals surface area contributed by atoms with E-state index in [1.165, 1.54) is 7.11 Å². The maximum Gasteiger partial charge on any atom is 0.305 e. The molecule has 2 N–H and O–H groups in total. The number of guanidine groups is 1. The first-order valence-electron chi connectivity index (χ1n) is 9.43. The third kappa shape index (κ3) is 11.8. The van der Waals surface area contributed by atoms with Crippen molar-refractivity contribution in [2.75, 3.05) is 53.7 Å². The van der Waals surface area contributed by atoms with Crippen LogP contribution in [0.4, 0.5) is 0 Å². The molecule has 0 aliphatic carbocycles. The highest BCUT2D eigenvalue weighted by molar-refractivity contribution is 5.79. The summed E-state index contributed by atoms with van der Waals surface area (Å²) >= 11 is 0. The normalized spacial score (nSPS) is 17.5. The average Bonchev–Trinajstić information content (AvgIpc) is 3.15. The Morgan fingerprint density at radius 1 is 1.16 bits per heavy atom. The number of carbonyl (C=O) groups excluding carboxylic acids is 1. The molecule has 1 atom stereocenters. The Hall–Kier alpha value is -1.34. The lowest BCUT2D eigenvalue weighted by atomic mass is 10.1. The lowest BCUT2D eigenvalue weighted by Gasteiger charge is -2.12. The van der Waals surface area contributed by atoms with Gasteiger partial charge in [0.15, 0.2) is 5.96 Å². The lowest BCUT2D eigenvalue weighted by Crippen LogP contribution is -2.38. The van der Waals surface area contributed by atoms with Crippen LogP contribution >= 0.6 is 0 Å². The molecule has 1 fully saturated rings. The molecule has 0 amide bonds. The second kappa shape index (κ2) is 15.0. The second-order valence-corrected chi connectivity index (χ2v) is 6.32. The summed E-state index contributed by atoms with van der Waals surface area (Å²) in [6, 6.07) is 0. The van der Waals surface area contributed by atoms with E-state index < -0.39 is 0 Å². The monoisotopic (exact) mass is 357 g/mol. The number of nitrogens with one attached hydrogen (secondary N) is 2. The Balaban J connectivity index is 1.88. The quantitative estimate of drug-likeness (QED) is 0.226. The Kier molecular flexibility index (Phi) is 13.0. The molecule has 0 radical (unpaired) electrons. The van der Waals surface area contributed by atoms with Crippen molar-refractivity contribution in [1.29, 1.82) is 0 Å². The van der Waals surface area contributed by atoms with E-state index in [0.717, 1.165) is 84.0 Å². The second-order valence-electron chi connectivity index (χ2n) is 6.32. The molecule has 0 aromatic rings. The number of rotatable bonds is 13. The minimum absolute atomic E-state index is 0.122. The summed E-state index contributed by atoms with van der Waals surface area (Å²) in [5, 5.41) is 6.60. The van der Waals surface area contributed by atoms with Gasteiger partial charge in [-0.1, -0.05) is 12.8 Å². The van der Waals surface area contributed by atoms with Crippen LogP contribution in [0.3, 0.4) is 0 Å². The molecule has 0 bridgehead atoms.